The van der Waals surface area contributed by atoms with Crippen molar-refractivity contribution in [2.24, 2.45) is 0 Å². The lowest BCUT2D eigenvalue weighted by Crippen LogP contribution is -2.61. The van der Waals surface area contributed by atoms with Gasteiger partial charge in [-0.25, -0.2) is 4.39 Å². The van der Waals surface area contributed by atoms with E-state index >= 15 is 4.39 Å². The molecule has 1 spiro atoms. The van der Waals surface area contributed by atoms with Crippen LogP contribution in [0.1, 0.15) is 94.2 Å². The summed E-state index contributed by atoms with van der Waals surface area (Å²) in [5.74, 6) is -0.254. The standard InChI is InChI=1S/C80H65BFN5/c1-78(2,3)49-40-50(79(4,5)6)42-55(41-49)86-73-48-71-61(58-26-13-16-31-68(58)84(71)52-22-9-7-10-23-52)46-67(73)81-66-45-60-56-24-11-14-28-62(56)80(63-29-15-18-33-70(63)87-69-32-17-12-25-57(69)59-27-21-30-64(80)77(59)87)65(60)47-72(66)85(53-36-34-51(82)35-37-53)74-43-54(44-75(86)76(74)81)83-38-19-8-20-39-83/h7,9-18,21-37,40-48H,8,19-20,38-39H2,1-6H3/t80-/m1/s1. The summed E-state index contributed by atoms with van der Waals surface area (Å²) in [5, 5.41) is 4.95. The molecule has 0 bridgehead atoms. The second-order valence-corrected chi connectivity index (χ2v) is 27.2. The Labute approximate surface area is 508 Å². The van der Waals surface area contributed by atoms with Gasteiger partial charge in [-0.2, -0.15) is 0 Å². The first-order chi connectivity index (χ1) is 42.3. The third-order valence-corrected chi connectivity index (χ3v) is 20.4. The maximum Gasteiger partial charge on any atom is 0.252 e. The van der Waals surface area contributed by atoms with E-state index in [9.17, 15) is 0 Å². The van der Waals surface area contributed by atoms with Crippen molar-refractivity contribution in [3.63, 3.8) is 0 Å². The lowest BCUT2D eigenvalue weighted by molar-refractivity contribution is 0.569. The number of para-hydroxylation sites is 5. The van der Waals surface area contributed by atoms with Gasteiger partial charge in [-0.3, -0.25) is 0 Å². The van der Waals surface area contributed by atoms with E-state index in [4.69, 9.17) is 0 Å². The molecule has 5 aliphatic rings. The van der Waals surface area contributed by atoms with E-state index in [1.807, 2.05) is 12.1 Å². The molecule has 2 aromatic heterocycles. The number of piperidine rings is 1. The predicted octanol–water partition coefficient (Wildman–Crippen LogP) is 18.4. The number of anilines is 7. The first-order valence-corrected chi connectivity index (χ1v) is 31.3. The van der Waals surface area contributed by atoms with Gasteiger partial charge in [-0.1, -0.05) is 175 Å². The Morgan fingerprint density at radius 3 is 1.69 bits per heavy atom. The van der Waals surface area contributed by atoms with Crippen LogP contribution in [-0.4, -0.2) is 28.9 Å². The maximum absolute atomic E-state index is 15.7. The third-order valence-electron chi connectivity index (χ3n) is 20.4. The van der Waals surface area contributed by atoms with Crippen molar-refractivity contribution in [3.8, 4) is 22.5 Å². The zero-order chi connectivity index (χ0) is 58.4. The summed E-state index contributed by atoms with van der Waals surface area (Å²) in [6, 6.07) is 84.4. The molecule has 1 saturated heterocycles. The van der Waals surface area contributed by atoms with Gasteiger partial charge in [0.2, 0.25) is 0 Å². The van der Waals surface area contributed by atoms with Gasteiger partial charge in [-0.05, 0) is 182 Å². The van der Waals surface area contributed by atoms with Crippen LogP contribution < -0.4 is 31.1 Å². The quantitative estimate of drug-likeness (QED) is 0.164. The van der Waals surface area contributed by atoms with Crippen LogP contribution in [0.25, 0.3) is 66.1 Å². The molecule has 420 valence electrons. The minimum atomic E-state index is -0.688. The average molecular weight is 1130 g/mol. The van der Waals surface area contributed by atoms with Gasteiger partial charge in [0.25, 0.3) is 6.71 Å². The Morgan fingerprint density at radius 2 is 0.966 bits per heavy atom. The van der Waals surface area contributed by atoms with Crippen LogP contribution in [-0.2, 0) is 16.2 Å². The van der Waals surface area contributed by atoms with E-state index in [-0.39, 0.29) is 23.4 Å². The molecule has 0 N–H and O–H groups in total. The van der Waals surface area contributed by atoms with E-state index in [1.165, 1.54) is 134 Å². The molecule has 18 rings (SSSR count). The van der Waals surface area contributed by atoms with Crippen molar-refractivity contribution in [1.82, 2.24) is 9.13 Å². The SMILES string of the molecule is CC(C)(C)c1cc(N2c3cc4c(cc3B3c5cc6c(cc5N(c5ccc(F)cc5)c5cc(N7CCCCC7)cc2c53)[C@]2(c3ccccc3-6)c3ccccc3-n3c5ccccc5c5cccc2c53)c2ccccc2n4-c2ccccc2)cc(C(C)(C)C)c1. The van der Waals surface area contributed by atoms with E-state index in [0.29, 0.717) is 0 Å². The minimum Gasteiger partial charge on any atom is -0.371 e. The van der Waals surface area contributed by atoms with Crippen LogP contribution in [0.4, 0.5) is 44.2 Å². The van der Waals surface area contributed by atoms with Crippen molar-refractivity contribution in [3.05, 3.63) is 264 Å². The van der Waals surface area contributed by atoms with Gasteiger partial charge in [0.15, 0.2) is 0 Å². The molecule has 7 heteroatoms. The number of fused-ring (bicyclic) bond motifs is 19. The summed E-state index contributed by atoms with van der Waals surface area (Å²) in [6.45, 7) is 15.9. The highest BCUT2D eigenvalue weighted by Crippen LogP contribution is 2.62. The molecule has 13 aromatic rings. The third kappa shape index (κ3) is 6.97. The summed E-state index contributed by atoms with van der Waals surface area (Å²) in [6.07, 6.45) is 3.50. The molecule has 0 unspecified atom stereocenters. The number of rotatable bonds is 4. The van der Waals surface area contributed by atoms with Crippen molar-refractivity contribution < 1.29 is 4.39 Å². The van der Waals surface area contributed by atoms with Gasteiger partial charge in [-0.15, -0.1) is 0 Å². The van der Waals surface area contributed by atoms with Gasteiger partial charge in [0, 0.05) is 80.1 Å². The Balaban J connectivity index is 1.01. The Hall–Kier alpha value is -9.59. The fraction of sp³-hybridized carbons (Fsp3) is 0.175. The zero-order valence-electron chi connectivity index (χ0n) is 50.1. The van der Waals surface area contributed by atoms with Gasteiger partial charge in [0.1, 0.15) is 5.82 Å². The molecule has 5 nitrogen and oxygen atoms in total. The highest BCUT2D eigenvalue weighted by atomic mass is 19.1. The number of hydrogen-bond donors (Lipinski definition) is 0. The monoisotopic (exact) mass is 1130 g/mol. The summed E-state index contributed by atoms with van der Waals surface area (Å²) in [7, 11) is 0. The van der Waals surface area contributed by atoms with Gasteiger partial charge < -0.3 is 23.8 Å². The second kappa shape index (κ2) is 18.0. The van der Waals surface area contributed by atoms with Crippen LogP contribution >= 0.6 is 0 Å². The lowest BCUT2D eigenvalue weighted by Gasteiger charge is -2.46. The normalized spacial score (nSPS) is 16.4. The van der Waals surface area contributed by atoms with Crippen molar-refractivity contribution in [1.29, 1.82) is 0 Å². The molecule has 0 amide bonds. The average Bonchev–Trinajstić information content (AvgIpc) is 1.60. The molecular weight excluding hydrogens is 1060 g/mol. The molecule has 11 aromatic carbocycles. The van der Waals surface area contributed by atoms with E-state index in [0.717, 1.165) is 54.4 Å². The van der Waals surface area contributed by atoms with E-state index < -0.39 is 5.41 Å². The molecule has 0 saturated carbocycles. The molecule has 87 heavy (non-hydrogen) atoms. The van der Waals surface area contributed by atoms with Crippen LogP contribution in [0.5, 0.6) is 0 Å². The Kier molecular flexibility index (Phi) is 10.5. The fourth-order valence-corrected chi connectivity index (χ4v) is 16.4. The summed E-state index contributed by atoms with van der Waals surface area (Å²) in [4.78, 5) is 7.81. The minimum absolute atomic E-state index is 0.136. The van der Waals surface area contributed by atoms with E-state index in [2.05, 4.69) is 266 Å². The second-order valence-electron chi connectivity index (χ2n) is 27.2. The fourth-order valence-electron chi connectivity index (χ4n) is 16.4. The Morgan fingerprint density at radius 1 is 0.379 bits per heavy atom. The summed E-state index contributed by atoms with van der Waals surface area (Å²) in [5.41, 5.74) is 28.0. The number of halogens is 1. The Bertz CT molecular complexity index is 5060. The molecule has 6 heterocycles. The highest BCUT2D eigenvalue weighted by molar-refractivity contribution is 7.00. The smallest absolute Gasteiger partial charge is 0.252 e. The topological polar surface area (TPSA) is 19.6 Å². The number of benzene rings is 11. The highest BCUT2D eigenvalue weighted by Gasteiger charge is 2.53. The van der Waals surface area contributed by atoms with Crippen LogP contribution in [0.2, 0.25) is 0 Å². The van der Waals surface area contributed by atoms with E-state index in [1.54, 1.807) is 12.1 Å². The number of hydrogen-bond acceptors (Lipinski definition) is 3. The molecule has 4 aliphatic heterocycles. The largest absolute Gasteiger partial charge is 0.371 e. The van der Waals surface area contributed by atoms with Crippen molar-refractivity contribution in [2.75, 3.05) is 27.8 Å². The van der Waals surface area contributed by atoms with Crippen LogP contribution in [0.3, 0.4) is 0 Å². The maximum atomic E-state index is 15.7. The first-order valence-electron chi connectivity index (χ1n) is 31.3. The number of aromatic nitrogens is 2. The molecule has 1 fully saturated rings. The predicted molar refractivity (Wildman–Crippen MR) is 363 cm³/mol. The molecule has 0 radical (unpaired) electrons. The number of nitrogens with zero attached hydrogens (tertiary/aromatic N) is 5. The molecule has 1 atom stereocenters. The lowest BCUT2D eigenvalue weighted by atomic mass is 9.33. The van der Waals surface area contributed by atoms with Crippen LogP contribution in [0, 0.1) is 5.82 Å². The molecule has 1 aliphatic carbocycles. The van der Waals surface area contributed by atoms with Crippen molar-refractivity contribution >= 4 is 107 Å². The van der Waals surface area contributed by atoms with Crippen LogP contribution in [0.15, 0.2) is 224 Å². The summed E-state index contributed by atoms with van der Waals surface area (Å²) >= 11 is 0. The first kappa shape index (κ1) is 50.7. The van der Waals surface area contributed by atoms with Crippen molar-refractivity contribution in [2.45, 2.75) is 77.0 Å². The van der Waals surface area contributed by atoms with Gasteiger partial charge in [0.05, 0.1) is 33.2 Å². The molecular formula is C80H65BFN5. The summed E-state index contributed by atoms with van der Waals surface area (Å²) < 4.78 is 20.7. The van der Waals surface area contributed by atoms with Gasteiger partial charge >= 0.3 is 0 Å². The zero-order valence-corrected chi connectivity index (χ0v) is 50.1.